The van der Waals surface area contributed by atoms with Crippen LogP contribution in [-0.2, 0) is 7.05 Å². The van der Waals surface area contributed by atoms with Gasteiger partial charge in [0.1, 0.15) is 0 Å². The third kappa shape index (κ3) is 3.40. The van der Waals surface area contributed by atoms with Crippen molar-refractivity contribution in [2.75, 3.05) is 18.0 Å². The molecule has 1 amide bonds. The number of para-hydroxylation sites is 2. The molecule has 0 fully saturated rings. The molecule has 0 atom stereocenters. The van der Waals surface area contributed by atoms with Crippen molar-refractivity contribution in [1.29, 1.82) is 0 Å². The number of rotatable bonds is 5. The van der Waals surface area contributed by atoms with Crippen LogP contribution in [0.2, 0.25) is 0 Å². The maximum Gasteiger partial charge on any atom is 0.255 e. The van der Waals surface area contributed by atoms with Crippen molar-refractivity contribution in [2.24, 2.45) is 7.05 Å². The lowest BCUT2D eigenvalue weighted by atomic mass is 10.2. The van der Waals surface area contributed by atoms with Gasteiger partial charge in [-0.3, -0.25) is 9.48 Å². The number of fused-ring (bicyclic) bond motifs is 2. The van der Waals surface area contributed by atoms with Gasteiger partial charge in [-0.15, -0.1) is 0 Å². The van der Waals surface area contributed by atoms with Crippen LogP contribution >= 0.6 is 11.8 Å². The first-order valence-corrected chi connectivity index (χ1v) is 10.3. The van der Waals surface area contributed by atoms with Crippen LogP contribution in [0.3, 0.4) is 0 Å². The van der Waals surface area contributed by atoms with E-state index in [2.05, 4.69) is 63.8 Å². The molecule has 1 N–H and O–H groups in total. The molecule has 0 unspecified atom stereocenters. The van der Waals surface area contributed by atoms with E-state index in [9.17, 15) is 4.79 Å². The van der Waals surface area contributed by atoms with E-state index in [1.807, 2.05) is 32.7 Å². The summed E-state index contributed by atoms with van der Waals surface area (Å²) < 4.78 is 1.75. The Morgan fingerprint density at radius 2 is 1.64 bits per heavy atom. The van der Waals surface area contributed by atoms with E-state index in [0.29, 0.717) is 12.1 Å². The first-order chi connectivity index (χ1) is 13.6. The molecule has 2 aromatic carbocycles. The summed E-state index contributed by atoms with van der Waals surface area (Å²) in [5.74, 6) is -0.0434. The van der Waals surface area contributed by atoms with Gasteiger partial charge in [0.15, 0.2) is 0 Å². The normalized spacial score (nSPS) is 12.5. The Bertz CT molecular complexity index is 982. The maximum atomic E-state index is 12.6. The molecule has 1 aromatic heterocycles. The lowest BCUT2D eigenvalue weighted by Gasteiger charge is -2.32. The number of nitrogens with one attached hydrogen (secondary N) is 1. The van der Waals surface area contributed by atoms with Gasteiger partial charge in [0.05, 0.1) is 22.6 Å². The van der Waals surface area contributed by atoms with Crippen molar-refractivity contribution in [1.82, 2.24) is 15.1 Å². The highest BCUT2D eigenvalue weighted by molar-refractivity contribution is 7.99. The zero-order valence-electron chi connectivity index (χ0n) is 16.4. The van der Waals surface area contributed by atoms with Crippen molar-refractivity contribution >= 4 is 29.0 Å². The predicted molar refractivity (Wildman–Crippen MR) is 114 cm³/mol. The van der Waals surface area contributed by atoms with Crippen LogP contribution in [0.4, 0.5) is 11.4 Å². The Kier molecular flexibility index (Phi) is 5.13. The molecule has 28 heavy (non-hydrogen) atoms. The van der Waals surface area contributed by atoms with Gasteiger partial charge in [-0.25, -0.2) is 0 Å². The van der Waals surface area contributed by atoms with E-state index in [1.165, 1.54) is 21.2 Å². The van der Waals surface area contributed by atoms with Gasteiger partial charge >= 0.3 is 0 Å². The summed E-state index contributed by atoms with van der Waals surface area (Å²) in [6, 6.07) is 17.0. The summed E-state index contributed by atoms with van der Waals surface area (Å²) in [7, 11) is 1.86. The molecule has 3 aromatic rings. The first-order valence-electron chi connectivity index (χ1n) is 9.48. The van der Waals surface area contributed by atoms with Gasteiger partial charge in [0.25, 0.3) is 5.91 Å². The third-order valence-corrected chi connectivity index (χ3v) is 6.24. The van der Waals surface area contributed by atoms with Crippen LogP contribution in [-0.4, -0.2) is 28.8 Å². The van der Waals surface area contributed by atoms with Crippen molar-refractivity contribution in [3.63, 3.8) is 0 Å². The summed E-state index contributed by atoms with van der Waals surface area (Å²) >= 11 is 1.81. The molecule has 0 radical (unpaired) electrons. The van der Waals surface area contributed by atoms with Crippen molar-refractivity contribution in [2.45, 2.75) is 30.1 Å². The standard InChI is InChI=1S/C22H24N4OS/c1-15-21(16(2)25(3)24-15)22(27)23-13-8-14-26-17-9-4-6-11-19(17)28-20-12-7-5-10-18(20)26/h4-7,9-12H,8,13-14H2,1-3H3,(H,23,27). The number of hydrogen-bond acceptors (Lipinski definition) is 4. The molecule has 0 bridgehead atoms. The number of benzene rings is 2. The van der Waals surface area contributed by atoms with Crippen molar-refractivity contribution < 1.29 is 4.79 Å². The number of amides is 1. The van der Waals surface area contributed by atoms with Gasteiger partial charge in [-0.2, -0.15) is 5.10 Å². The van der Waals surface area contributed by atoms with Crippen LogP contribution < -0.4 is 10.2 Å². The molecule has 0 saturated carbocycles. The Hall–Kier alpha value is -2.73. The quantitative estimate of drug-likeness (QED) is 0.652. The molecule has 4 rings (SSSR count). The van der Waals surface area contributed by atoms with Crippen LogP contribution in [0.15, 0.2) is 58.3 Å². The molecule has 6 heteroatoms. The third-order valence-electron chi connectivity index (χ3n) is 5.11. The zero-order valence-corrected chi connectivity index (χ0v) is 17.2. The van der Waals surface area contributed by atoms with Crippen LogP contribution in [0.25, 0.3) is 0 Å². The Morgan fingerprint density at radius 3 is 2.21 bits per heavy atom. The van der Waals surface area contributed by atoms with E-state index >= 15 is 0 Å². The van der Waals surface area contributed by atoms with Gasteiger partial charge < -0.3 is 10.2 Å². The fourth-order valence-electron chi connectivity index (χ4n) is 3.65. The summed E-state index contributed by atoms with van der Waals surface area (Å²) in [4.78, 5) is 17.5. The van der Waals surface area contributed by atoms with E-state index in [0.717, 1.165) is 24.4 Å². The number of carbonyl (C=O) groups excluding carboxylic acids is 1. The average molecular weight is 393 g/mol. The maximum absolute atomic E-state index is 12.6. The number of hydrogen-bond donors (Lipinski definition) is 1. The van der Waals surface area contributed by atoms with E-state index < -0.39 is 0 Å². The second-order valence-electron chi connectivity index (χ2n) is 6.97. The van der Waals surface area contributed by atoms with E-state index in [1.54, 1.807) is 4.68 Å². The fourth-order valence-corrected chi connectivity index (χ4v) is 4.75. The Labute approximate surface area is 169 Å². The Morgan fingerprint density at radius 1 is 1.04 bits per heavy atom. The highest BCUT2D eigenvalue weighted by Crippen LogP contribution is 2.47. The van der Waals surface area contributed by atoms with Crippen molar-refractivity contribution in [3.8, 4) is 0 Å². The minimum Gasteiger partial charge on any atom is -0.352 e. The average Bonchev–Trinajstić information content (AvgIpc) is 2.95. The van der Waals surface area contributed by atoms with Gasteiger partial charge in [-0.05, 0) is 44.5 Å². The summed E-state index contributed by atoms with van der Waals surface area (Å²) in [6.07, 6.45) is 0.859. The fraction of sp³-hybridized carbons (Fsp3) is 0.273. The minimum absolute atomic E-state index is 0.0434. The number of aromatic nitrogens is 2. The SMILES string of the molecule is Cc1nn(C)c(C)c1C(=O)NCCCN1c2ccccc2Sc2ccccc21. The smallest absolute Gasteiger partial charge is 0.255 e. The second-order valence-corrected chi connectivity index (χ2v) is 8.05. The van der Waals surface area contributed by atoms with E-state index in [4.69, 9.17) is 0 Å². The number of carbonyl (C=O) groups is 1. The van der Waals surface area contributed by atoms with E-state index in [-0.39, 0.29) is 5.91 Å². The minimum atomic E-state index is -0.0434. The van der Waals surface area contributed by atoms with Gasteiger partial charge in [0, 0.05) is 35.6 Å². The van der Waals surface area contributed by atoms with Crippen LogP contribution in [0.5, 0.6) is 0 Å². The Balaban J connectivity index is 1.44. The molecule has 0 aliphatic carbocycles. The predicted octanol–water partition coefficient (Wildman–Crippen LogP) is 4.46. The topological polar surface area (TPSA) is 50.2 Å². The second kappa shape index (κ2) is 7.72. The number of aryl methyl sites for hydroxylation is 2. The number of nitrogens with zero attached hydrogens (tertiary/aromatic N) is 3. The lowest BCUT2D eigenvalue weighted by Crippen LogP contribution is -2.29. The zero-order chi connectivity index (χ0) is 19.7. The van der Waals surface area contributed by atoms with Gasteiger partial charge in [0.2, 0.25) is 0 Å². The lowest BCUT2D eigenvalue weighted by molar-refractivity contribution is 0.0952. The molecular formula is C22H24N4OS. The molecule has 2 heterocycles. The molecule has 1 aliphatic heterocycles. The largest absolute Gasteiger partial charge is 0.352 e. The van der Waals surface area contributed by atoms with Crippen LogP contribution in [0.1, 0.15) is 28.2 Å². The molecule has 1 aliphatic rings. The molecule has 0 spiro atoms. The highest BCUT2D eigenvalue weighted by Gasteiger charge is 2.22. The molecule has 144 valence electrons. The highest BCUT2D eigenvalue weighted by atomic mass is 32.2. The first kappa shape index (κ1) is 18.6. The summed E-state index contributed by atoms with van der Waals surface area (Å²) in [5.41, 5.74) is 4.82. The summed E-state index contributed by atoms with van der Waals surface area (Å²) in [6.45, 7) is 5.27. The monoisotopic (exact) mass is 392 g/mol. The molecule has 5 nitrogen and oxygen atoms in total. The van der Waals surface area contributed by atoms with Crippen molar-refractivity contribution in [3.05, 3.63) is 65.5 Å². The van der Waals surface area contributed by atoms with Gasteiger partial charge in [-0.1, -0.05) is 36.0 Å². The van der Waals surface area contributed by atoms with Crippen LogP contribution in [0, 0.1) is 13.8 Å². The number of anilines is 2. The summed E-state index contributed by atoms with van der Waals surface area (Å²) in [5, 5.41) is 7.39. The molecule has 0 saturated heterocycles. The molecular weight excluding hydrogens is 368 g/mol.